The van der Waals surface area contributed by atoms with E-state index in [9.17, 15) is 13.2 Å². The van der Waals surface area contributed by atoms with E-state index >= 15 is 0 Å². The minimum Gasteiger partial charge on any atom is -0.476 e. The summed E-state index contributed by atoms with van der Waals surface area (Å²) in [5, 5.41) is 2.92. The molecule has 5 rings (SSSR count). The molecule has 1 fully saturated rings. The first kappa shape index (κ1) is 24.3. The Bertz CT molecular complexity index is 1290. The fourth-order valence-corrected chi connectivity index (χ4v) is 6.22. The van der Waals surface area contributed by atoms with Crippen LogP contribution in [0.3, 0.4) is 0 Å². The number of carbonyl (C=O) groups excluding carboxylic acids is 1. The van der Waals surface area contributed by atoms with Crippen molar-refractivity contribution in [3.63, 3.8) is 0 Å². The minimum atomic E-state index is -3.86. The van der Waals surface area contributed by atoms with Gasteiger partial charge in [0.25, 0.3) is 15.9 Å². The molecule has 1 amide bonds. The van der Waals surface area contributed by atoms with Crippen molar-refractivity contribution in [3.05, 3.63) is 90.0 Å². The summed E-state index contributed by atoms with van der Waals surface area (Å²) in [5.74, 6) is 0.0145. The maximum atomic E-state index is 13.4. The number of amides is 1. The quantitative estimate of drug-likeness (QED) is 0.526. The molecular weight excluding hydrogens is 474 g/mol. The number of benzene rings is 3. The van der Waals surface area contributed by atoms with Crippen LogP contribution in [0, 0.1) is 0 Å². The molecule has 2 aliphatic rings. The molecule has 1 saturated heterocycles. The first-order valence-corrected chi connectivity index (χ1v) is 13.9. The molecule has 0 aromatic heterocycles. The van der Waals surface area contributed by atoms with E-state index in [-0.39, 0.29) is 17.3 Å². The number of para-hydroxylation sites is 2. The van der Waals surface area contributed by atoms with Crippen LogP contribution in [-0.2, 0) is 27.9 Å². The number of hydrogen-bond acceptors (Lipinski definition) is 5. The van der Waals surface area contributed by atoms with Crippen molar-refractivity contribution in [2.75, 3.05) is 23.9 Å². The second kappa shape index (κ2) is 10.7. The fraction of sp³-hybridized carbons (Fsp3) is 0.321. The van der Waals surface area contributed by atoms with Gasteiger partial charge in [-0.1, -0.05) is 61.0 Å². The zero-order valence-electron chi connectivity index (χ0n) is 20.2. The topological polar surface area (TPSA) is 79.0 Å². The van der Waals surface area contributed by atoms with Crippen molar-refractivity contribution in [2.24, 2.45) is 0 Å². The van der Waals surface area contributed by atoms with E-state index in [0.717, 1.165) is 25.2 Å². The number of hydrogen-bond donors (Lipinski definition) is 1. The number of sulfonamides is 1. The van der Waals surface area contributed by atoms with E-state index < -0.39 is 16.1 Å². The van der Waals surface area contributed by atoms with Crippen LogP contribution >= 0.6 is 0 Å². The molecule has 0 spiro atoms. The predicted molar refractivity (Wildman–Crippen MR) is 139 cm³/mol. The van der Waals surface area contributed by atoms with Crippen molar-refractivity contribution in [1.82, 2.24) is 10.2 Å². The highest BCUT2D eigenvalue weighted by atomic mass is 32.2. The van der Waals surface area contributed by atoms with Crippen molar-refractivity contribution in [3.8, 4) is 5.75 Å². The van der Waals surface area contributed by atoms with Gasteiger partial charge in [-0.3, -0.25) is 14.0 Å². The van der Waals surface area contributed by atoms with Crippen LogP contribution in [0.15, 0.2) is 83.8 Å². The number of likely N-dealkylation sites (tertiary alicyclic amines) is 1. The third kappa shape index (κ3) is 5.39. The average molecular weight is 506 g/mol. The van der Waals surface area contributed by atoms with Gasteiger partial charge in [0.1, 0.15) is 5.75 Å². The van der Waals surface area contributed by atoms with Crippen LogP contribution in [0.25, 0.3) is 0 Å². The minimum absolute atomic E-state index is 0.102. The van der Waals surface area contributed by atoms with Gasteiger partial charge in [0, 0.05) is 13.1 Å². The fourth-order valence-electron chi connectivity index (χ4n) is 4.73. The Morgan fingerprint density at radius 2 is 1.53 bits per heavy atom. The molecule has 1 unspecified atom stereocenters. The Morgan fingerprint density at radius 1 is 0.861 bits per heavy atom. The number of fused-ring (bicyclic) bond motifs is 1. The predicted octanol–water partition coefficient (Wildman–Crippen LogP) is 3.95. The largest absolute Gasteiger partial charge is 0.476 e. The molecule has 3 aromatic carbocycles. The molecule has 1 atom stereocenters. The number of carbonyl (C=O) groups is 1. The standard InChI is InChI=1S/C28H31N3O4S/c32-28(29-19-22-13-15-23(16-14-22)20-30-17-7-2-8-18-30)27-21-31(25-11-5-6-12-26(25)35-27)36(33,34)24-9-3-1-4-10-24/h1,3-6,9-16,27H,2,7-8,17-21H2,(H,29,32). The molecule has 0 bridgehead atoms. The molecule has 36 heavy (non-hydrogen) atoms. The molecular formula is C28H31N3O4S. The molecule has 2 heterocycles. The molecule has 1 N–H and O–H groups in total. The van der Waals surface area contributed by atoms with Gasteiger partial charge in [0.2, 0.25) is 0 Å². The van der Waals surface area contributed by atoms with Crippen molar-refractivity contribution < 1.29 is 17.9 Å². The normalized spacial score (nSPS) is 18.2. The third-order valence-electron chi connectivity index (χ3n) is 6.70. The molecule has 0 saturated carbocycles. The van der Waals surface area contributed by atoms with Gasteiger partial charge in [-0.05, 0) is 61.3 Å². The first-order chi connectivity index (χ1) is 17.5. The van der Waals surface area contributed by atoms with Gasteiger partial charge < -0.3 is 10.1 Å². The molecule has 0 radical (unpaired) electrons. The molecule has 2 aliphatic heterocycles. The summed E-state index contributed by atoms with van der Waals surface area (Å²) in [6.07, 6.45) is 2.89. The molecule has 8 heteroatoms. The number of piperidine rings is 1. The zero-order valence-corrected chi connectivity index (χ0v) is 21.0. The van der Waals surface area contributed by atoms with E-state index in [1.54, 1.807) is 54.6 Å². The highest BCUT2D eigenvalue weighted by Gasteiger charge is 2.37. The Hall–Kier alpha value is -3.36. The van der Waals surface area contributed by atoms with Crippen molar-refractivity contribution >= 4 is 21.6 Å². The van der Waals surface area contributed by atoms with E-state index in [0.29, 0.717) is 18.0 Å². The average Bonchev–Trinajstić information content (AvgIpc) is 2.93. The summed E-state index contributed by atoms with van der Waals surface area (Å²) in [6.45, 7) is 3.50. The van der Waals surface area contributed by atoms with Gasteiger partial charge in [0.05, 0.1) is 17.1 Å². The number of rotatable bonds is 7. The van der Waals surface area contributed by atoms with E-state index in [1.165, 1.54) is 29.1 Å². The first-order valence-electron chi connectivity index (χ1n) is 12.4. The maximum Gasteiger partial charge on any atom is 0.264 e. The van der Waals surface area contributed by atoms with Crippen LogP contribution in [-0.4, -0.2) is 45.0 Å². The van der Waals surface area contributed by atoms with Gasteiger partial charge in [0.15, 0.2) is 6.10 Å². The lowest BCUT2D eigenvalue weighted by molar-refractivity contribution is -0.127. The smallest absolute Gasteiger partial charge is 0.264 e. The van der Waals surface area contributed by atoms with E-state index in [4.69, 9.17) is 4.74 Å². The van der Waals surface area contributed by atoms with Gasteiger partial charge in [-0.25, -0.2) is 8.42 Å². The van der Waals surface area contributed by atoms with Crippen LogP contribution in [0.1, 0.15) is 30.4 Å². The number of ether oxygens (including phenoxy) is 1. The van der Waals surface area contributed by atoms with Crippen molar-refractivity contribution in [1.29, 1.82) is 0 Å². The monoisotopic (exact) mass is 505 g/mol. The van der Waals surface area contributed by atoms with Gasteiger partial charge in [-0.2, -0.15) is 0 Å². The Morgan fingerprint density at radius 3 is 2.28 bits per heavy atom. The van der Waals surface area contributed by atoms with Crippen LogP contribution in [0.2, 0.25) is 0 Å². The van der Waals surface area contributed by atoms with Crippen LogP contribution < -0.4 is 14.4 Å². The Labute approximate surface area is 212 Å². The second-order valence-electron chi connectivity index (χ2n) is 9.29. The highest BCUT2D eigenvalue weighted by Crippen LogP contribution is 2.36. The van der Waals surface area contributed by atoms with E-state index in [2.05, 4.69) is 22.3 Å². The summed E-state index contributed by atoms with van der Waals surface area (Å²) >= 11 is 0. The molecule has 0 aliphatic carbocycles. The second-order valence-corrected chi connectivity index (χ2v) is 11.2. The Kier molecular flexibility index (Phi) is 7.25. The number of anilines is 1. The summed E-state index contributed by atoms with van der Waals surface area (Å²) < 4.78 is 34.0. The third-order valence-corrected chi connectivity index (χ3v) is 8.50. The summed E-state index contributed by atoms with van der Waals surface area (Å²) in [7, 11) is -3.86. The highest BCUT2D eigenvalue weighted by molar-refractivity contribution is 7.92. The van der Waals surface area contributed by atoms with Crippen LogP contribution in [0.4, 0.5) is 5.69 Å². The lowest BCUT2D eigenvalue weighted by atomic mass is 10.1. The zero-order chi connectivity index (χ0) is 25.0. The summed E-state index contributed by atoms with van der Waals surface area (Å²) in [4.78, 5) is 15.7. The number of nitrogens with one attached hydrogen (secondary N) is 1. The maximum absolute atomic E-state index is 13.4. The Balaban J connectivity index is 1.25. The number of nitrogens with zero attached hydrogens (tertiary/aromatic N) is 2. The lowest BCUT2D eigenvalue weighted by Crippen LogP contribution is -2.50. The van der Waals surface area contributed by atoms with Gasteiger partial charge >= 0.3 is 0 Å². The molecule has 188 valence electrons. The SMILES string of the molecule is O=C(NCc1ccc(CN2CCCCC2)cc1)C1CN(S(=O)(=O)c2ccccc2)c2ccccc2O1. The molecule has 3 aromatic rings. The van der Waals surface area contributed by atoms with Crippen molar-refractivity contribution in [2.45, 2.75) is 43.4 Å². The summed E-state index contributed by atoms with van der Waals surface area (Å²) in [5.41, 5.74) is 2.67. The lowest BCUT2D eigenvalue weighted by Gasteiger charge is -2.34. The summed E-state index contributed by atoms with van der Waals surface area (Å²) in [6, 6.07) is 23.4. The van der Waals surface area contributed by atoms with Crippen LogP contribution in [0.5, 0.6) is 5.75 Å². The molecule has 7 nitrogen and oxygen atoms in total. The van der Waals surface area contributed by atoms with E-state index in [1.807, 2.05) is 12.1 Å². The van der Waals surface area contributed by atoms with Gasteiger partial charge in [-0.15, -0.1) is 0 Å².